The Labute approximate surface area is 74.8 Å². The predicted octanol–water partition coefficient (Wildman–Crippen LogP) is 2.62. The van der Waals surface area contributed by atoms with E-state index in [-0.39, 0.29) is 0 Å². The van der Waals surface area contributed by atoms with Gasteiger partial charge in [-0.2, -0.15) is 0 Å². The molecule has 1 unspecified atom stereocenters. The SMILES string of the molecule is C=C(Cl)CNCC(C)C(C)C. The molecule has 1 atom stereocenters. The van der Waals surface area contributed by atoms with Crippen molar-refractivity contribution in [2.24, 2.45) is 11.8 Å². The van der Waals surface area contributed by atoms with Crippen molar-refractivity contribution in [1.29, 1.82) is 0 Å². The van der Waals surface area contributed by atoms with Crippen LogP contribution in [0.5, 0.6) is 0 Å². The van der Waals surface area contributed by atoms with E-state index in [2.05, 4.69) is 32.7 Å². The van der Waals surface area contributed by atoms with E-state index in [1.165, 1.54) is 0 Å². The molecule has 66 valence electrons. The molecule has 1 N–H and O–H groups in total. The maximum absolute atomic E-state index is 5.58. The maximum Gasteiger partial charge on any atom is 0.0307 e. The molecule has 1 nitrogen and oxygen atoms in total. The highest BCUT2D eigenvalue weighted by Gasteiger charge is 2.05. The van der Waals surface area contributed by atoms with Gasteiger partial charge in [0.1, 0.15) is 0 Å². The van der Waals surface area contributed by atoms with Gasteiger partial charge in [-0.3, -0.25) is 0 Å². The minimum Gasteiger partial charge on any atom is -0.312 e. The average Bonchev–Trinajstić information content (AvgIpc) is 1.86. The molecule has 0 aromatic heterocycles. The van der Waals surface area contributed by atoms with Crippen molar-refractivity contribution in [2.45, 2.75) is 20.8 Å². The second kappa shape index (κ2) is 5.62. The largest absolute Gasteiger partial charge is 0.312 e. The van der Waals surface area contributed by atoms with Crippen LogP contribution >= 0.6 is 11.6 Å². The molecular formula is C9H18ClN. The lowest BCUT2D eigenvalue weighted by molar-refractivity contribution is 0.399. The summed E-state index contributed by atoms with van der Waals surface area (Å²) in [5.41, 5.74) is 0. The van der Waals surface area contributed by atoms with Gasteiger partial charge in [-0.05, 0) is 18.4 Å². The van der Waals surface area contributed by atoms with Crippen molar-refractivity contribution in [2.75, 3.05) is 13.1 Å². The third-order valence-corrected chi connectivity index (χ3v) is 2.05. The highest BCUT2D eigenvalue weighted by Crippen LogP contribution is 2.07. The molecular weight excluding hydrogens is 158 g/mol. The maximum atomic E-state index is 5.58. The summed E-state index contributed by atoms with van der Waals surface area (Å²) in [5, 5.41) is 3.92. The van der Waals surface area contributed by atoms with E-state index in [4.69, 9.17) is 11.6 Å². The average molecular weight is 176 g/mol. The van der Waals surface area contributed by atoms with E-state index >= 15 is 0 Å². The Morgan fingerprint density at radius 3 is 2.36 bits per heavy atom. The standard InChI is InChI=1S/C9H18ClN/c1-7(2)8(3)5-11-6-9(4)10/h7-8,11H,4-6H2,1-3H3. The van der Waals surface area contributed by atoms with Gasteiger partial charge in [0.15, 0.2) is 0 Å². The van der Waals surface area contributed by atoms with Crippen molar-refractivity contribution < 1.29 is 0 Å². The van der Waals surface area contributed by atoms with Crippen molar-refractivity contribution in [3.63, 3.8) is 0 Å². The Balaban J connectivity index is 3.31. The Kier molecular flexibility index (Phi) is 5.61. The molecule has 0 aromatic carbocycles. The lowest BCUT2D eigenvalue weighted by Gasteiger charge is -2.15. The van der Waals surface area contributed by atoms with E-state index < -0.39 is 0 Å². The van der Waals surface area contributed by atoms with Crippen LogP contribution in [0.25, 0.3) is 0 Å². The van der Waals surface area contributed by atoms with Crippen LogP contribution in [-0.2, 0) is 0 Å². The quantitative estimate of drug-likeness (QED) is 0.678. The van der Waals surface area contributed by atoms with Gasteiger partial charge in [0.2, 0.25) is 0 Å². The fourth-order valence-electron chi connectivity index (χ4n) is 0.671. The van der Waals surface area contributed by atoms with E-state index in [1.54, 1.807) is 0 Å². The van der Waals surface area contributed by atoms with Crippen LogP contribution < -0.4 is 5.32 Å². The third-order valence-electron chi connectivity index (χ3n) is 1.92. The normalized spacial score (nSPS) is 13.5. The fraction of sp³-hybridized carbons (Fsp3) is 0.778. The molecule has 0 aromatic rings. The molecule has 0 aliphatic heterocycles. The number of rotatable bonds is 5. The minimum absolute atomic E-state index is 0.681. The minimum atomic E-state index is 0.681. The summed E-state index contributed by atoms with van der Waals surface area (Å²) >= 11 is 5.58. The molecule has 0 rings (SSSR count). The van der Waals surface area contributed by atoms with Crippen LogP contribution in [0.1, 0.15) is 20.8 Å². The summed E-state index contributed by atoms with van der Waals surface area (Å²) < 4.78 is 0. The van der Waals surface area contributed by atoms with Gasteiger partial charge in [0.25, 0.3) is 0 Å². The number of hydrogen-bond acceptors (Lipinski definition) is 1. The van der Waals surface area contributed by atoms with E-state index in [1.807, 2.05) is 0 Å². The first kappa shape index (κ1) is 11.0. The van der Waals surface area contributed by atoms with Gasteiger partial charge < -0.3 is 5.32 Å². The molecule has 0 saturated carbocycles. The molecule has 0 saturated heterocycles. The van der Waals surface area contributed by atoms with Crippen LogP contribution in [0.15, 0.2) is 11.6 Å². The summed E-state index contributed by atoms with van der Waals surface area (Å²) in [6, 6.07) is 0. The molecule has 0 fully saturated rings. The van der Waals surface area contributed by atoms with Crippen LogP contribution in [0.2, 0.25) is 0 Å². The summed E-state index contributed by atoms with van der Waals surface area (Å²) in [6.45, 7) is 12.0. The Morgan fingerprint density at radius 1 is 1.45 bits per heavy atom. The zero-order valence-electron chi connectivity index (χ0n) is 7.65. The second-order valence-electron chi connectivity index (χ2n) is 3.37. The topological polar surface area (TPSA) is 12.0 Å². The number of nitrogens with one attached hydrogen (secondary N) is 1. The molecule has 0 spiro atoms. The molecule has 0 aliphatic carbocycles. The Morgan fingerprint density at radius 2 is 2.00 bits per heavy atom. The van der Waals surface area contributed by atoms with Crippen molar-refractivity contribution >= 4 is 11.6 Å². The first-order valence-corrected chi connectivity index (χ1v) is 4.45. The van der Waals surface area contributed by atoms with Crippen molar-refractivity contribution in [1.82, 2.24) is 5.32 Å². The number of hydrogen-bond donors (Lipinski definition) is 1. The van der Waals surface area contributed by atoms with E-state index in [0.29, 0.717) is 11.0 Å². The van der Waals surface area contributed by atoms with Gasteiger partial charge in [-0.25, -0.2) is 0 Å². The fourth-order valence-corrected chi connectivity index (χ4v) is 0.766. The summed E-state index contributed by atoms with van der Waals surface area (Å²) in [4.78, 5) is 0. The van der Waals surface area contributed by atoms with Crippen LogP contribution in [0.3, 0.4) is 0 Å². The van der Waals surface area contributed by atoms with Gasteiger partial charge in [0, 0.05) is 11.6 Å². The lowest BCUT2D eigenvalue weighted by atomic mass is 9.98. The van der Waals surface area contributed by atoms with Crippen LogP contribution in [-0.4, -0.2) is 13.1 Å². The molecule has 11 heavy (non-hydrogen) atoms. The number of halogens is 1. The molecule has 0 aliphatic rings. The Bertz CT molecular complexity index is 121. The summed E-state index contributed by atoms with van der Waals surface area (Å²) in [5.74, 6) is 1.43. The second-order valence-corrected chi connectivity index (χ2v) is 3.90. The molecule has 0 amide bonds. The highest BCUT2D eigenvalue weighted by molar-refractivity contribution is 6.29. The molecule has 0 radical (unpaired) electrons. The molecule has 0 heterocycles. The highest BCUT2D eigenvalue weighted by atomic mass is 35.5. The summed E-state index contributed by atoms with van der Waals surface area (Å²) in [6.07, 6.45) is 0. The molecule has 0 bridgehead atoms. The third kappa shape index (κ3) is 6.39. The molecule has 2 heteroatoms. The first-order chi connectivity index (χ1) is 5.04. The van der Waals surface area contributed by atoms with Gasteiger partial charge in [-0.15, -0.1) is 0 Å². The van der Waals surface area contributed by atoms with E-state index in [0.717, 1.165) is 19.0 Å². The zero-order valence-corrected chi connectivity index (χ0v) is 8.41. The summed E-state index contributed by atoms with van der Waals surface area (Å²) in [7, 11) is 0. The van der Waals surface area contributed by atoms with E-state index in [9.17, 15) is 0 Å². The zero-order chi connectivity index (χ0) is 8.85. The van der Waals surface area contributed by atoms with Gasteiger partial charge in [-0.1, -0.05) is 39.0 Å². The van der Waals surface area contributed by atoms with Crippen LogP contribution in [0.4, 0.5) is 0 Å². The van der Waals surface area contributed by atoms with Crippen LogP contribution in [0, 0.1) is 11.8 Å². The smallest absolute Gasteiger partial charge is 0.0307 e. The Hall–Kier alpha value is -0.0100. The van der Waals surface area contributed by atoms with Gasteiger partial charge in [0.05, 0.1) is 0 Å². The first-order valence-electron chi connectivity index (χ1n) is 4.08. The van der Waals surface area contributed by atoms with Crippen molar-refractivity contribution in [3.8, 4) is 0 Å². The lowest BCUT2D eigenvalue weighted by Crippen LogP contribution is -2.25. The van der Waals surface area contributed by atoms with Crippen molar-refractivity contribution in [3.05, 3.63) is 11.6 Å². The predicted molar refractivity (Wildman–Crippen MR) is 51.9 cm³/mol. The monoisotopic (exact) mass is 175 g/mol. The van der Waals surface area contributed by atoms with Gasteiger partial charge >= 0.3 is 0 Å².